The standard InChI is InChI=1S/C23H24FN3O5S/c1-14-2-4-17(5-3-14)33(31,32)27-9-7-15(12-27)22(29)18-11-25-8-6-19(18)26-20-10-16(13-28)23(30)21(20)24/h2-9,11-12,16,20-21,23,28,30H,10,13H2,1H3,(H,25,26)/t16-,20-,21-,23-/m1/s1. The molecule has 1 aliphatic rings. The highest BCUT2D eigenvalue weighted by Gasteiger charge is 2.42. The second-order valence-corrected chi connectivity index (χ2v) is 10.0. The Morgan fingerprint density at radius 3 is 2.64 bits per heavy atom. The van der Waals surface area contributed by atoms with E-state index in [-0.39, 0.29) is 29.1 Å². The first-order valence-electron chi connectivity index (χ1n) is 10.4. The monoisotopic (exact) mass is 473 g/mol. The van der Waals surface area contributed by atoms with Crippen LogP contribution in [-0.2, 0) is 10.0 Å². The van der Waals surface area contributed by atoms with E-state index in [2.05, 4.69) is 10.3 Å². The first kappa shape index (κ1) is 23.1. The first-order chi connectivity index (χ1) is 15.7. The van der Waals surface area contributed by atoms with Crippen LogP contribution in [0.2, 0.25) is 0 Å². The molecule has 3 N–H and O–H groups in total. The summed E-state index contributed by atoms with van der Waals surface area (Å²) in [6.07, 6.45) is 2.57. The van der Waals surface area contributed by atoms with E-state index in [9.17, 15) is 27.8 Å². The number of pyridine rings is 1. The number of ketones is 1. The van der Waals surface area contributed by atoms with Gasteiger partial charge in [-0.15, -0.1) is 0 Å². The highest BCUT2D eigenvalue weighted by molar-refractivity contribution is 7.90. The lowest BCUT2D eigenvalue weighted by molar-refractivity contribution is 0.0444. The van der Waals surface area contributed by atoms with Gasteiger partial charge >= 0.3 is 0 Å². The van der Waals surface area contributed by atoms with Crippen molar-refractivity contribution in [1.29, 1.82) is 0 Å². The van der Waals surface area contributed by atoms with E-state index < -0.39 is 40.0 Å². The maximum atomic E-state index is 14.5. The Morgan fingerprint density at radius 2 is 1.97 bits per heavy atom. The lowest BCUT2D eigenvalue weighted by Crippen LogP contribution is -2.32. The van der Waals surface area contributed by atoms with Crippen LogP contribution in [0.15, 0.2) is 66.1 Å². The molecule has 33 heavy (non-hydrogen) atoms. The molecule has 2 heterocycles. The summed E-state index contributed by atoms with van der Waals surface area (Å²) in [4.78, 5) is 17.2. The largest absolute Gasteiger partial charge is 0.396 e. The van der Waals surface area contributed by atoms with E-state index in [0.717, 1.165) is 9.54 Å². The molecule has 0 radical (unpaired) electrons. The third kappa shape index (κ3) is 4.41. The van der Waals surface area contributed by atoms with Gasteiger partial charge in [-0.3, -0.25) is 9.78 Å². The van der Waals surface area contributed by atoms with Crippen LogP contribution in [0, 0.1) is 12.8 Å². The number of anilines is 1. The zero-order chi connectivity index (χ0) is 23.8. The zero-order valence-electron chi connectivity index (χ0n) is 17.8. The van der Waals surface area contributed by atoms with Crippen molar-refractivity contribution in [2.75, 3.05) is 11.9 Å². The van der Waals surface area contributed by atoms with Crippen LogP contribution < -0.4 is 5.32 Å². The number of hydrogen-bond acceptors (Lipinski definition) is 7. The third-order valence-corrected chi connectivity index (χ3v) is 7.57. The summed E-state index contributed by atoms with van der Waals surface area (Å²) in [5, 5.41) is 22.2. The van der Waals surface area contributed by atoms with E-state index in [1.165, 1.54) is 49.1 Å². The first-order valence-corrected chi connectivity index (χ1v) is 11.8. The van der Waals surface area contributed by atoms with Gasteiger partial charge in [-0.2, -0.15) is 0 Å². The molecule has 174 valence electrons. The fraction of sp³-hybridized carbons (Fsp3) is 0.304. The number of hydrogen-bond donors (Lipinski definition) is 3. The highest BCUT2D eigenvalue weighted by atomic mass is 32.2. The van der Waals surface area contributed by atoms with Crippen molar-refractivity contribution in [2.45, 2.75) is 36.6 Å². The number of nitrogens with zero attached hydrogens (tertiary/aromatic N) is 2. The third-order valence-electron chi connectivity index (χ3n) is 5.92. The molecule has 0 bridgehead atoms. The number of aromatic nitrogens is 2. The van der Waals surface area contributed by atoms with Crippen LogP contribution >= 0.6 is 0 Å². The van der Waals surface area contributed by atoms with E-state index in [1.54, 1.807) is 12.1 Å². The number of carbonyl (C=O) groups excluding carboxylic acids is 1. The summed E-state index contributed by atoms with van der Waals surface area (Å²) in [7, 11) is -3.87. The Labute approximate surface area is 190 Å². The quantitative estimate of drug-likeness (QED) is 0.450. The number of carbonyl (C=O) groups is 1. The molecule has 0 spiro atoms. The van der Waals surface area contributed by atoms with Gasteiger partial charge in [0.25, 0.3) is 10.0 Å². The van der Waals surface area contributed by atoms with Gasteiger partial charge in [0.1, 0.15) is 6.17 Å². The lowest BCUT2D eigenvalue weighted by atomic mass is 10.1. The van der Waals surface area contributed by atoms with Crippen molar-refractivity contribution in [3.63, 3.8) is 0 Å². The number of aliphatic hydroxyl groups excluding tert-OH is 2. The Balaban J connectivity index is 1.59. The molecule has 1 aliphatic carbocycles. The maximum absolute atomic E-state index is 14.5. The molecule has 2 aromatic heterocycles. The second-order valence-electron chi connectivity index (χ2n) is 8.16. The van der Waals surface area contributed by atoms with Crippen LogP contribution in [0.25, 0.3) is 0 Å². The van der Waals surface area contributed by atoms with Crippen molar-refractivity contribution in [3.05, 3.63) is 77.9 Å². The van der Waals surface area contributed by atoms with E-state index in [4.69, 9.17) is 0 Å². The molecule has 0 amide bonds. The van der Waals surface area contributed by atoms with Gasteiger partial charge in [0.15, 0.2) is 5.78 Å². The van der Waals surface area contributed by atoms with Gasteiger partial charge in [-0.1, -0.05) is 17.7 Å². The lowest BCUT2D eigenvalue weighted by Gasteiger charge is -2.19. The molecule has 1 saturated carbocycles. The van der Waals surface area contributed by atoms with Crippen LogP contribution in [0.4, 0.5) is 10.1 Å². The van der Waals surface area contributed by atoms with Gasteiger partial charge in [-0.25, -0.2) is 16.8 Å². The van der Waals surface area contributed by atoms with Crippen molar-refractivity contribution in [3.8, 4) is 0 Å². The smallest absolute Gasteiger partial charge is 0.267 e. The van der Waals surface area contributed by atoms with Crippen molar-refractivity contribution < 1.29 is 27.8 Å². The highest BCUT2D eigenvalue weighted by Crippen LogP contribution is 2.32. The second kappa shape index (κ2) is 9.05. The van der Waals surface area contributed by atoms with Gasteiger partial charge in [0.2, 0.25) is 0 Å². The summed E-state index contributed by atoms with van der Waals surface area (Å²) < 4.78 is 41.2. The SMILES string of the molecule is Cc1ccc(S(=O)(=O)n2ccc(C(=O)c3cnccc3N[C@@H]3C[C@H](CO)[C@@H](O)[C@@H]3F)c2)cc1. The van der Waals surface area contributed by atoms with Crippen LogP contribution in [0.3, 0.4) is 0 Å². The average molecular weight is 474 g/mol. The van der Waals surface area contributed by atoms with E-state index in [1.807, 2.05) is 6.92 Å². The zero-order valence-corrected chi connectivity index (χ0v) is 18.6. The molecular weight excluding hydrogens is 449 g/mol. The van der Waals surface area contributed by atoms with Crippen LogP contribution in [0.1, 0.15) is 27.9 Å². The average Bonchev–Trinajstić information content (AvgIpc) is 3.41. The number of aryl methyl sites for hydroxylation is 1. The molecular formula is C23H24FN3O5S. The summed E-state index contributed by atoms with van der Waals surface area (Å²) >= 11 is 0. The minimum atomic E-state index is -3.87. The van der Waals surface area contributed by atoms with Crippen molar-refractivity contribution in [2.24, 2.45) is 5.92 Å². The van der Waals surface area contributed by atoms with Crippen molar-refractivity contribution in [1.82, 2.24) is 8.96 Å². The maximum Gasteiger partial charge on any atom is 0.267 e. The Bertz CT molecular complexity index is 1260. The topological polar surface area (TPSA) is 122 Å². The molecule has 1 aromatic carbocycles. The van der Waals surface area contributed by atoms with Gasteiger partial charge < -0.3 is 15.5 Å². The minimum Gasteiger partial charge on any atom is -0.396 e. The molecule has 4 atom stereocenters. The number of rotatable bonds is 7. The summed E-state index contributed by atoms with van der Waals surface area (Å²) in [6.45, 7) is 1.51. The molecule has 3 aromatic rings. The minimum absolute atomic E-state index is 0.0960. The number of alkyl halides is 1. The van der Waals surface area contributed by atoms with Gasteiger partial charge in [0.05, 0.1) is 22.6 Å². The van der Waals surface area contributed by atoms with Crippen LogP contribution in [-0.4, -0.2) is 58.3 Å². The Morgan fingerprint density at radius 1 is 1.24 bits per heavy atom. The molecule has 10 heteroatoms. The number of nitrogens with one attached hydrogen (secondary N) is 1. The number of aliphatic hydroxyl groups is 2. The van der Waals surface area contributed by atoms with Gasteiger partial charge in [0, 0.05) is 48.6 Å². The predicted molar refractivity (Wildman–Crippen MR) is 119 cm³/mol. The number of benzene rings is 1. The molecule has 0 saturated heterocycles. The molecule has 1 fully saturated rings. The molecule has 0 unspecified atom stereocenters. The Hall–Kier alpha value is -3.08. The fourth-order valence-electron chi connectivity index (χ4n) is 3.96. The van der Waals surface area contributed by atoms with Crippen LogP contribution in [0.5, 0.6) is 0 Å². The fourth-order valence-corrected chi connectivity index (χ4v) is 5.16. The van der Waals surface area contributed by atoms with E-state index in [0.29, 0.717) is 5.69 Å². The predicted octanol–water partition coefficient (Wildman–Crippen LogP) is 2.15. The van der Waals surface area contributed by atoms with Crippen molar-refractivity contribution >= 4 is 21.5 Å². The molecule has 4 rings (SSSR count). The summed E-state index contributed by atoms with van der Waals surface area (Å²) in [6, 6.07) is 8.49. The molecule has 0 aliphatic heterocycles. The normalized spacial score (nSPS) is 22.9. The summed E-state index contributed by atoms with van der Waals surface area (Å²) in [5.74, 6) is -1.09. The number of halogens is 1. The van der Waals surface area contributed by atoms with E-state index >= 15 is 0 Å². The summed E-state index contributed by atoms with van der Waals surface area (Å²) in [5.41, 5.74) is 1.49. The Kier molecular flexibility index (Phi) is 6.33. The van der Waals surface area contributed by atoms with Gasteiger partial charge in [-0.05, 0) is 37.6 Å². The molecule has 8 nitrogen and oxygen atoms in total.